The summed E-state index contributed by atoms with van der Waals surface area (Å²) in [6.07, 6.45) is 1.74. The lowest BCUT2D eigenvalue weighted by Gasteiger charge is -2.18. The van der Waals surface area contributed by atoms with Crippen molar-refractivity contribution in [2.45, 2.75) is 6.92 Å². The molecular formula is C24H19FN2O2. The van der Waals surface area contributed by atoms with Crippen LogP contribution in [0.1, 0.15) is 16.7 Å². The van der Waals surface area contributed by atoms with Crippen LogP contribution in [0.25, 0.3) is 6.08 Å². The van der Waals surface area contributed by atoms with Gasteiger partial charge in [0.15, 0.2) is 0 Å². The van der Waals surface area contributed by atoms with E-state index in [9.17, 15) is 9.18 Å². The second-order valence-electron chi connectivity index (χ2n) is 6.72. The molecule has 1 heterocycles. The van der Waals surface area contributed by atoms with E-state index in [-0.39, 0.29) is 11.7 Å². The lowest BCUT2D eigenvalue weighted by molar-refractivity contribution is -0.113. The first-order chi connectivity index (χ1) is 14.0. The quantitative estimate of drug-likeness (QED) is 0.594. The molecule has 0 atom stereocenters. The predicted octanol–water partition coefficient (Wildman–Crippen LogP) is 4.98. The highest BCUT2D eigenvalue weighted by atomic mass is 19.1. The first-order valence-electron chi connectivity index (χ1n) is 9.16. The minimum atomic E-state index is -0.358. The molecule has 0 spiro atoms. The van der Waals surface area contributed by atoms with E-state index >= 15 is 0 Å². The molecule has 144 valence electrons. The summed E-state index contributed by atoms with van der Waals surface area (Å²) in [6.45, 7) is 1.98. The van der Waals surface area contributed by atoms with Crippen LogP contribution in [0.2, 0.25) is 0 Å². The number of methoxy groups -OCH3 is 1. The number of hydrogen-bond donors (Lipinski definition) is 0. The van der Waals surface area contributed by atoms with Crippen LogP contribution in [0.15, 0.2) is 83.5 Å². The maximum atomic E-state index is 13.4. The molecule has 0 saturated heterocycles. The van der Waals surface area contributed by atoms with Crippen LogP contribution < -0.4 is 9.64 Å². The monoisotopic (exact) mass is 386 g/mol. The summed E-state index contributed by atoms with van der Waals surface area (Å²) in [7, 11) is 1.60. The number of aryl methyl sites for hydroxylation is 1. The summed E-state index contributed by atoms with van der Waals surface area (Å²) in [6, 6.07) is 21.0. The molecule has 4 rings (SSSR count). The highest BCUT2D eigenvalue weighted by molar-refractivity contribution is 6.33. The van der Waals surface area contributed by atoms with E-state index in [1.807, 2.05) is 55.5 Å². The molecule has 3 aromatic rings. The van der Waals surface area contributed by atoms with Gasteiger partial charge in [0.05, 0.1) is 12.8 Å². The average Bonchev–Trinajstić information content (AvgIpc) is 3.05. The van der Waals surface area contributed by atoms with Crippen molar-refractivity contribution in [1.29, 1.82) is 0 Å². The van der Waals surface area contributed by atoms with Gasteiger partial charge in [-0.15, -0.1) is 0 Å². The summed E-state index contributed by atoms with van der Waals surface area (Å²) in [5, 5.41) is 0. The summed E-state index contributed by atoms with van der Waals surface area (Å²) in [5.74, 6) is 0.638. The highest BCUT2D eigenvalue weighted by Crippen LogP contribution is 2.28. The second kappa shape index (κ2) is 7.72. The zero-order valence-corrected chi connectivity index (χ0v) is 16.1. The van der Waals surface area contributed by atoms with Gasteiger partial charge in [0.25, 0.3) is 5.91 Å². The number of benzene rings is 3. The SMILES string of the molecule is COc1ccc(/C=C2/N=C(c3cccc(C)c3)N(c3ccc(F)cc3)C2=O)cc1. The Kier molecular flexibility index (Phi) is 4.96. The number of ether oxygens (including phenoxy) is 1. The Morgan fingerprint density at radius 2 is 1.72 bits per heavy atom. The molecule has 4 nitrogen and oxygen atoms in total. The Morgan fingerprint density at radius 3 is 2.38 bits per heavy atom. The molecule has 0 fully saturated rings. The van der Waals surface area contributed by atoms with E-state index in [4.69, 9.17) is 4.74 Å². The first kappa shape index (κ1) is 18.6. The van der Waals surface area contributed by atoms with Crippen LogP contribution in [-0.2, 0) is 4.79 Å². The summed E-state index contributed by atoms with van der Waals surface area (Å²) in [4.78, 5) is 19.4. The molecule has 0 unspecified atom stereocenters. The summed E-state index contributed by atoms with van der Waals surface area (Å²) in [5.41, 5.74) is 3.60. The number of carbonyl (C=O) groups is 1. The number of anilines is 1. The van der Waals surface area contributed by atoms with Gasteiger partial charge in [-0.3, -0.25) is 9.69 Å². The zero-order valence-electron chi connectivity index (χ0n) is 16.1. The normalized spacial score (nSPS) is 15.0. The molecule has 0 aliphatic carbocycles. The Hall–Kier alpha value is -3.73. The van der Waals surface area contributed by atoms with Crippen molar-refractivity contribution in [1.82, 2.24) is 0 Å². The molecule has 0 bridgehead atoms. The molecule has 0 aromatic heterocycles. The second-order valence-corrected chi connectivity index (χ2v) is 6.72. The number of nitrogens with zero attached hydrogens (tertiary/aromatic N) is 2. The Bertz CT molecular complexity index is 1120. The van der Waals surface area contributed by atoms with E-state index in [2.05, 4.69) is 4.99 Å². The van der Waals surface area contributed by atoms with E-state index in [1.54, 1.807) is 25.3 Å². The third-order valence-electron chi connectivity index (χ3n) is 4.64. The third kappa shape index (κ3) is 3.80. The predicted molar refractivity (Wildman–Crippen MR) is 113 cm³/mol. The Labute approximate surface area is 168 Å². The van der Waals surface area contributed by atoms with E-state index in [0.717, 1.165) is 22.4 Å². The number of amides is 1. The smallest absolute Gasteiger partial charge is 0.282 e. The molecule has 0 radical (unpaired) electrons. The number of hydrogen-bond acceptors (Lipinski definition) is 3. The van der Waals surface area contributed by atoms with Crippen LogP contribution in [0.4, 0.5) is 10.1 Å². The van der Waals surface area contributed by atoms with Crippen molar-refractivity contribution >= 4 is 23.5 Å². The number of halogens is 1. The molecular weight excluding hydrogens is 367 g/mol. The standard InChI is InChI=1S/C24H19FN2O2/c1-16-4-3-5-18(14-16)23-26-22(15-17-6-12-21(29-2)13-7-17)24(28)27(23)20-10-8-19(25)9-11-20/h3-15H,1-2H3/b22-15+. The molecule has 0 saturated carbocycles. The largest absolute Gasteiger partial charge is 0.497 e. The van der Waals surface area contributed by atoms with Crippen LogP contribution in [0, 0.1) is 12.7 Å². The molecule has 3 aromatic carbocycles. The van der Waals surface area contributed by atoms with Gasteiger partial charge in [-0.05, 0) is 61.0 Å². The van der Waals surface area contributed by atoms with Crippen molar-refractivity contribution in [3.05, 3.63) is 101 Å². The Morgan fingerprint density at radius 1 is 1.00 bits per heavy atom. The van der Waals surface area contributed by atoms with Crippen LogP contribution >= 0.6 is 0 Å². The average molecular weight is 386 g/mol. The van der Waals surface area contributed by atoms with Gasteiger partial charge >= 0.3 is 0 Å². The fourth-order valence-corrected chi connectivity index (χ4v) is 3.18. The van der Waals surface area contributed by atoms with Crippen LogP contribution in [-0.4, -0.2) is 18.9 Å². The van der Waals surface area contributed by atoms with Gasteiger partial charge < -0.3 is 4.74 Å². The summed E-state index contributed by atoms with van der Waals surface area (Å²) >= 11 is 0. The molecule has 1 aliphatic rings. The molecule has 5 heteroatoms. The maximum absolute atomic E-state index is 13.4. The Balaban J connectivity index is 1.80. The molecule has 0 N–H and O–H groups in total. The van der Waals surface area contributed by atoms with Gasteiger partial charge in [-0.25, -0.2) is 9.38 Å². The molecule has 29 heavy (non-hydrogen) atoms. The maximum Gasteiger partial charge on any atom is 0.282 e. The fraction of sp³-hybridized carbons (Fsp3) is 0.0833. The van der Waals surface area contributed by atoms with Crippen molar-refractivity contribution < 1.29 is 13.9 Å². The van der Waals surface area contributed by atoms with E-state index in [1.165, 1.54) is 17.0 Å². The van der Waals surface area contributed by atoms with Crippen molar-refractivity contribution in [3.8, 4) is 5.75 Å². The third-order valence-corrected chi connectivity index (χ3v) is 4.64. The van der Waals surface area contributed by atoms with Gasteiger partial charge in [0, 0.05) is 5.56 Å². The highest BCUT2D eigenvalue weighted by Gasteiger charge is 2.32. The van der Waals surface area contributed by atoms with Gasteiger partial charge in [-0.2, -0.15) is 0 Å². The van der Waals surface area contributed by atoms with Gasteiger partial charge in [0.1, 0.15) is 23.1 Å². The van der Waals surface area contributed by atoms with Crippen LogP contribution in [0.5, 0.6) is 5.75 Å². The number of aliphatic imine (C=N–C) groups is 1. The van der Waals surface area contributed by atoms with Crippen molar-refractivity contribution in [3.63, 3.8) is 0 Å². The lowest BCUT2D eigenvalue weighted by Crippen LogP contribution is -2.32. The van der Waals surface area contributed by atoms with E-state index < -0.39 is 0 Å². The van der Waals surface area contributed by atoms with Gasteiger partial charge in [0.2, 0.25) is 0 Å². The van der Waals surface area contributed by atoms with Gasteiger partial charge in [-0.1, -0.05) is 35.9 Å². The molecule has 1 aliphatic heterocycles. The van der Waals surface area contributed by atoms with Crippen LogP contribution in [0.3, 0.4) is 0 Å². The van der Waals surface area contributed by atoms with Crippen molar-refractivity contribution in [2.75, 3.05) is 12.0 Å². The zero-order chi connectivity index (χ0) is 20.4. The van der Waals surface area contributed by atoms with Crippen molar-refractivity contribution in [2.24, 2.45) is 4.99 Å². The number of amidine groups is 1. The minimum absolute atomic E-state index is 0.260. The van der Waals surface area contributed by atoms with E-state index in [0.29, 0.717) is 17.2 Å². The first-order valence-corrected chi connectivity index (χ1v) is 9.16. The number of carbonyl (C=O) groups excluding carboxylic acids is 1. The summed E-state index contributed by atoms with van der Waals surface area (Å²) < 4.78 is 18.6. The lowest BCUT2D eigenvalue weighted by atomic mass is 10.1. The number of rotatable bonds is 4. The topological polar surface area (TPSA) is 41.9 Å². The molecule has 1 amide bonds. The fourth-order valence-electron chi connectivity index (χ4n) is 3.18. The minimum Gasteiger partial charge on any atom is -0.497 e.